The Balaban J connectivity index is 1.66. The summed E-state index contributed by atoms with van der Waals surface area (Å²) >= 11 is 0. The molecule has 0 atom stereocenters. The fourth-order valence-corrected chi connectivity index (χ4v) is 5.59. The minimum atomic E-state index is -1.99. The molecule has 3 heterocycles. The molecular formula is C31H41N3O5Si. The second kappa shape index (κ2) is 10.4. The van der Waals surface area contributed by atoms with E-state index in [1.807, 2.05) is 34.7 Å². The van der Waals surface area contributed by atoms with E-state index in [0.29, 0.717) is 24.3 Å². The van der Waals surface area contributed by atoms with E-state index < -0.39 is 20.0 Å². The highest BCUT2D eigenvalue weighted by Gasteiger charge is 2.39. The number of fused-ring (bicyclic) bond motifs is 3. The average Bonchev–Trinajstić information content (AvgIpc) is 3.31. The molecule has 8 nitrogen and oxygen atoms in total. The summed E-state index contributed by atoms with van der Waals surface area (Å²) in [6.45, 7) is 19.0. The molecular weight excluding hydrogens is 522 g/mol. The van der Waals surface area contributed by atoms with Crippen molar-refractivity contribution >= 4 is 31.6 Å². The smallest absolute Gasteiger partial charge is 0.407 e. The first-order valence-corrected chi connectivity index (χ1v) is 16.6. The van der Waals surface area contributed by atoms with Crippen LogP contribution in [0.5, 0.6) is 5.75 Å². The Labute approximate surface area is 237 Å². The second-order valence-corrected chi connectivity index (χ2v) is 17.7. The maximum absolute atomic E-state index is 13.6. The summed E-state index contributed by atoms with van der Waals surface area (Å²) in [5.41, 5.74) is 4.19. The largest absolute Gasteiger partial charge is 0.544 e. The minimum Gasteiger partial charge on any atom is -0.544 e. The third kappa shape index (κ3) is 5.94. The molecule has 4 rings (SSSR count). The zero-order valence-corrected chi connectivity index (χ0v) is 26.1. The van der Waals surface area contributed by atoms with E-state index >= 15 is 0 Å². The van der Waals surface area contributed by atoms with Crippen LogP contribution in [-0.4, -0.2) is 54.1 Å². The quantitative estimate of drug-likeness (QED) is 0.256. The van der Waals surface area contributed by atoms with Crippen LogP contribution in [-0.2, 0) is 11.3 Å². The normalized spacial score (nSPS) is 13.9. The Morgan fingerprint density at radius 1 is 1.00 bits per heavy atom. The number of nitrogens with zero attached hydrogens (tertiary/aromatic N) is 2. The van der Waals surface area contributed by atoms with Gasteiger partial charge in [-0.2, -0.15) is 0 Å². The number of rotatable bonds is 7. The van der Waals surface area contributed by atoms with Crippen LogP contribution in [0.4, 0.5) is 4.79 Å². The number of hydrogen-bond acceptors (Lipinski definition) is 5. The lowest BCUT2D eigenvalue weighted by Crippen LogP contribution is -2.43. The molecule has 214 valence electrons. The molecule has 1 N–H and O–H groups in total. The number of alkyl carbamates (subject to hydrolysis) is 1. The molecule has 0 fully saturated rings. The molecule has 9 heteroatoms. The second-order valence-electron chi connectivity index (χ2n) is 13.0. The zero-order valence-electron chi connectivity index (χ0n) is 25.1. The number of amides is 2. The fourth-order valence-electron chi connectivity index (χ4n) is 4.56. The molecule has 2 aromatic heterocycles. The van der Waals surface area contributed by atoms with E-state index in [4.69, 9.17) is 9.16 Å². The van der Waals surface area contributed by atoms with Crippen LogP contribution in [0.15, 0.2) is 42.6 Å². The highest BCUT2D eigenvalue weighted by molar-refractivity contribution is 6.74. The van der Waals surface area contributed by atoms with Crippen molar-refractivity contribution in [2.75, 3.05) is 13.1 Å². The number of Topliss-reactive ketones (excluding diaryl/α,β-unsaturated/α-hetero) is 1. The molecule has 1 aliphatic heterocycles. The molecule has 0 bridgehead atoms. The van der Waals surface area contributed by atoms with E-state index in [-0.39, 0.29) is 23.3 Å². The summed E-state index contributed by atoms with van der Waals surface area (Å²) < 4.78 is 13.6. The van der Waals surface area contributed by atoms with Crippen LogP contribution in [0.2, 0.25) is 18.1 Å². The van der Waals surface area contributed by atoms with E-state index in [0.717, 1.165) is 28.0 Å². The number of hydrogen-bond donors (Lipinski definition) is 1. The highest BCUT2D eigenvalue weighted by atomic mass is 28.4. The maximum Gasteiger partial charge on any atom is 0.407 e. The van der Waals surface area contributed by atoms with Crippen molar-refractivity contribution in [1.29, 1.82) is 0 Å². The van der Waals surface area contributed by atoms with Gasteiger partial charge in [0.1, 0.15) is 17.0 Å². The molecule has 0 radical (unpaired) electrons. The first-order valence-electron chi connectivity index (χ1n) is 13.7. The lowest BCUT2D eigenvalue weighted by Gasteiger charge is -2.36. The van der Waals surface area contributed by atoms with Crippen LogP contribution in [0, 0.1) is 0 Å². The molecule has 0 unspecified atom stereocenters. The van der Waals surface area contributed by atoms with Gasteiger partial charge in [-0.05, 0) is 75.7 Å². The van der Waals surface area contributed by atoms with Gasteiger partial charge in [-0.15, -0.1) is 0 Å². The molecule has 0 aliphatic carbocycles. The standard InChI is InChI=1S/C31H41N3O5Si/c1-20(35)22-12-15-25-26(21-10-13-23(14-11-21)39-40(8,9)31(5,6)7)24-19-33(28(36)27(24)34(25)18-22)17-16-32-29(37)38-30(2,3)4/h10-15,18H,16-17,19H2,1-9H3,(H,32,37). The van der Waals surface area contributed by atoms with Gasteiger partial charge < -0.3 is 23.8 Å². The summed E-state index contributed by atoms with van der Waals surface area (Å²) in [4.78, 5) is 39.6. The molecule has 0 spiro atoms. The number of carbonyl (C=O) groups is 3. The summed E-state index contributed by atoms with van der Waals surface area (Å²) in [7, 11) is -1.99. The zero-order chi connectivity index (χ0) is 29.6. The Bertz CT molecular complexity index is 1460. The van der Waals surface area contributed by atoms with Crippen molar-refractivity contribution in [2.45, 2.75) is 78.7 Å². The highest BCUT2D eigenvalue weighted by Crippen LogP contribution is 2.41. The topological polar surface area (TPSA) is 89.4 Å². The van der Waals surface area contributed by atoms with E-state index in [9.17, 15) is 14.4 Å². The van der Waals surface area contributed by atoms with Gasteiger partial charge in [0.2, 0.25) is 8.32 Å². The SMILES string of the molecule is CC(=O)c1ccc2c(-c3ccc(O[Si](C)(C)C(C)(C)C)cc3)c3c(n2c1)C(=O)N(CCNC(=O)OC(C)(C)C)C3. The van der Waals surface area contributed by atoms with Crippen molar-refractivity contribution in [1.82, 2.24) is 14.6 Å². The predicted molar refractivity (Wildman–Crippen MR) is 160 cm³/mol. The number of benzene rings is 1. The van der Waals surface area contributed by atoms with Crippen LogP contribution < -0.4 is 9.74 Å². The Kier molecular flexibility index (Phi) is 7.66. The number of nitrogens with one attached hydrogen (secondary N) is 1. The van der Waals surface area contributed by atoms with E-state index in [1.165, 1.54) is 6.92 Å². The predicted octanol–water partition coefficient (Wildman–Crippen LogP) is 6.67. The Morgan fingerprint density at radius 2 is 1.65 bits per heavy atom. The van der Waals surface area contributed by atoms with Gasteiger partial charge in [0.25, 0.3) is 5.91 Å². The minimum absolute atomic E-state index is 0.0677. The van der Waals surface area contributed by atoms with Crippen molar-refractivity contribution in [3.8, 4) is 16.9 Å². The van der Waals surface area contributed by atoms with Gasteiger partial charge in [0, 0.05) is 42.5 Å². The van der Waals surface area contributed by atoms with Crippen molar-refractivity contribution in [2.24, 2.45) is 0 Å². The molecule has 2 amide bonds. The molecule has 40 heavy (non-hydrogen) atoms. The van der Waals surface area contributed by atoms with Crippen molar-refractivity contribution < 1.29 is 23.5 Å². The number of carbonyl (C=O) groups excluding carboxylic acids is 3. The van der Waals surface area contributed by atoms with Crippen molar-refractivity contribution in [3.05, 3.63) is 59.4 Å². The fraction of sp³-hybridized carbons (Fsp3) is 0.452. The molecule has 3 aromatic rings. The maximum atomic E-state index is 13.6. The van der Waals surface area contributed by atoms with E-state index in [2.05, 4.69) is 39.2 Å². The third-order valence-corrected chi connectivity index (χ3v) is 12.0. The van der Waals surface area contributed by atoms with Crippen LogP contribution in [0.1, 0.15) is 74.9 Å². The molecule has 0 saturated carbocycles. The van der Waals surface area contributed by atoms with Crippen LogP contribution >= 0.6 is 0 Å². The van der Waals surface area contributed by atoms with Crippen molar-refractivity contribution in [3.63, 3.8) is 0 Å². The lowest BCUT2D eigenvalue weighted by molar-refractivity contribution is 0.0514. The first-order chi connectivity index (χ1) is 18.5. The summed E-state index contributed by atoms with van der Waals surface area (Å²) in [5.74, 6) is 0.628. The first kappa shape index (κ1) is 29.4. The van der Waals surface area contributed by atoms with Gasteiger partial charge in [0.15, 0.2) is 5.78 Å². The van der Waals surface area contributed by atoms with Gasteiger partial charge >= 0.3 is 6.09 Å². The van der Waals surface area contributed by atoms with Crippen LogP contribution in [0.3, 0.4) is 0 Å². The molecule has 0 saturated heterocycles. The number of ketones is 1. The summed E-state index contributed by atoms with van der Waals surface area (Å²) in [6.07, 6.45) is 1.23. The Hall–Kier alpha value is -3.59. The van der Waals surface area contributed by atoms with Crippen LogP contribution in [0.25, 0.3) is 16.6 Å². The summed E-state index contributed by atoms with van der Waals surface area (Å²) in [5, 5.41) is 2.82. The summed E-state index contributed by atoms with van der Waals surface area (Å²) in [6, 6.07) is 11.8. The number of aromatic nitrogens is 1. The average molecular weight is 564 g/mol. The lowest BCUT2D eigenvalue weighted by atomic mass is 10.0. The van der Waals surface area contributed by atoms with Gasteiger partial charge in [0.05, 0.1) is 5.52 Å². The number of ether oxygens (including phenoxy) is 1. The van der Waals surface area contributed by atoms with Gasteiger partial charge in [-0.3, -0.25) is 9.59 Å². The van der Waals surface area contributed by atoms with Gasteiger partial charge in [-0.1, -0.05) is 32.9 Å². The molecule has 1 aliphatic rings. The number of pyridine rings is 1. The van der Waals surface area contributed by atoms with Gasteiger partial charge in [-0.25, -0.2) is 4.79 Å². The monoisotopic (exact) mass is 563 g/mol. The van der Waals surface area contributed by atoms with E-state index in [1.54, 1.807) is 37.9 Å². The molecule has 1 aromatic carbocycles. The third-order valence-electron chi connectivity index (χ3n) is 7.65. The Morgan fingerprint density at radius 3 is 2.23 bits per heavy atom.